The molecule has 0 saturated carbocycles. The fourth-order valence-electron chi connectivity index (χ4n) is 8.66. The quantitative estimate of drug-likeness (QED) is 0.0272. The van der Waals surface area contributed by atoms with Crippen LogP contribution < -0.4 is 10.2 Å². The molecule has 9 heteroatoms. The summed E-state index contributed by atoms with van der Waals surface area (Å²) in [7, 11) is 1.31. The molecule has 0 bridgehead atoms. The number of nitrogens with one attached hydrogen (secondary N) is 1. The summed E-state index contributed by atoms with van der Waals surface area (Å²) in [6.07, 6.45) is 60.7. The van der Waals surface area contributed by atoms with Gasteiger partial charge in [-0.05, 0) is 44.9 Å². The molecule has 0 aliphatic carbocycles. The number of aliphatic hydroxyl groups is 1. The number of phosphoric acid groups is 1. The normalized spacial score (nSPS) is 14.1. The van der Waals surface area contributed by atoms with Gasteiger partial charge in [0.05, 0.1) is 39.9 Å². The van der Waals surface area contributed by atoms with Crippen LogP contribution in [0.4, 0.5) is 0 Å². The average Bonchev–Trinajstić information content (AvgIpc) is 3.28. The second-order valence-electron chi connectivity index (χ2n) is 21.0. The smallest absolute Gasteiger partial charge is 0.268 e. The lowest BCUT2D eigenvalue weighted by Gasteiger charge is -2.30. The van der Waals surface area contributed by atoms with Crippen LogP contribution >= 0.6 is 7.82 Å². The highest BCUT2D eigenvalue weighted by molar-refractivity contribution is 7.45. The maximum atomic E-state index is 13.0. The first-order valence-electron chi connectivity index (χ1n) is 28.7. The van der Waals surface area contributed by atoms with E-state index in [1.807, 2.05) is 21.1 Å². The molecule has 2 N–H and O–H groups in total. The van der Waals surface area contributed by atoms with E-state index >= 15 is 0 Å². The van der Waals surface area contributed by atoms with Crippen molar-refractivity contribution in [2.45, 2.75) is 296 Å². The molecule has 3 atom stereocenters. The van der Waals surface area contributed by atoms with E-state index in [1.165, 1.54) is 212 Å². The largest absolute Gasteiger partial charge is 0.756 e. The summed E-state index contributed by atoms with van der Waals surface area (Å²) < 4.78 is 23.4. The van der Waals surface area contributed by atoms with Gasteiger partial charge in [-0.1, -0.05) is 256 Å². The summed E-state index contributed by atoms with van der Waals surface area (Å²) in [6, 6.07) is -0.798. The third-order valence-corrected chi connectivity index (χ3v) is 14.2. The van der Waals surface area contributed by atoms with Crippen LogP contribution in [0, 0.1) is 0 Å². The molecule has 8 nitrogen and oxygen atoms in total. The van der Waals surface area contributed by atoms with Crippen LogP contribution in [0.5, 0.6) is 0 Å². The van der Waals surface area contributed by atoms with Gasteiger partial charge in [-0.3, -0.25) is 9.36 Å². The second kappa shape index (κ2) is 49.0. The Morgan fingerprint density at radius 3 is 1.26 bits per heavy atom. The lowest BCUT2D eigenvalue weighted by atomic mass is 10.0. The first-order valence-corrected chi connectivity index (χ1v) is 30.1. The zero-order valence-corrected chi connectivity index (χ0v) is 45.6. The monoisotopic (exact) mass is 953 g/mol. The predicted octanol–water partition coefficient (Wildman–Crippen LogP) is 16.6. The molecule has 0 heterocycles. The van der Waals surface area contributed by atoms with Crippen LogP contribution in [0.2, 0.25) is 0 Å². The van der Waals surface area contributed by atoms with Crippen molar-refractivity contribution >= 4 is 13.7 Å². The molecule has 0 aliphatic rings. The lowest BCUT2D eigenvalue weighted by molar-refractivity contribution is -0.870. The first kappa shape index (κ1) is 65.0. The van der Waals surface area contributed by atoms with E-state index in [4.69, 9.17) is 9.05 Å². The van der Waals surface area contributed by atoms with Crippen molar-refractivity contribution in [2.24, 2.45) is 0 Å². The number of hydrogen-bond donors (Lipinski definition) is 2. The van der Waals surface area contributed by atoms with Crippen molar-refractivity contribution in [3.05, 3.63) is 24.3 Å². The minimum atomic E-state index is -4.57. The van der Waals surface area contributed by atoms with Crippen molar-refractivity contribution in [1.29, 1.82) is 0 Å². The summed E-state index contributed by atoms with van der Waals surface area (Å²) in [5.41, 5.74) is 0. The molecule has 0 aliphatic heterocycles. The zero-order chi connectivity index (χ0) is 48.5. The van der Waals surface area contributed by atoms with Gasteiger partial charge < -0.3 is 28.8 Å². The minimum absolute atomic E-state index is 0.0138. The second-order valence-corrected chi connectivity index (χ2v) is 22.4. The number of phosphoric ester groups is 1. The molecule has 0 aromatic rings. The fourth-order valence-corrected chi connectivity index (χ4v) is 9.38. The van der Waals surface area contributed by atoms with E-state index in [2.05, 4.69) is 43.5 Å². The van der Waals surface area contributed by atoms with Gasteiger partial charge in [-0.15, -0.1) is 0 Å². The topological polar surface area (TPSA) is 108 Å². The van der Waals surface area contributed by atoms with Gasteiger partial charge in [0.2, 0.25) is 5.91 Å². The van der Waals surface area contributed by atoms with Gasteiger partial charge in [-0.25, -0.2) is 0 Å². The highest BCUT2D eigenvalue weighted by atomic mass is 31.2. The molecule has 3 unspecified atom stereocenters. The van der Waals surface area contributed by atoms with Gasteiger partial charge in [0, 0.05) is 6.42 Å². The van der Waals surface area contributed by atoms with Gasteiger partial charge in [0.25, 0.3) is 7.82 Å². The SMILES string of the molecule is CCCCCCCCCCC/C=C\C/C=C\CCCCCCCCCCCCCCCCCC(=O)NC(COP(=O)([O-])OCC[N+](C)(C)C)C(O)CCCCCCCCCCCCCCC. The van der Waals surface area contributed by atoms with Gasteiger partial charge >= 0.3 is 0 Å². The summed E-state index contributed by atoms with van der Waals surface area (Å²) in [4.78, 5) is 25.5. The van der Waals surface area contributed by atoms with E-state index in [9.17, 15) is 19.4 Å². The van der Waals surface area contributed by atoms with Crippen LogP contribution in [0.3, 0.4) is 0 Å². The number of unbranched alkanes of at least 4 members (excludes halogenated alkanes) is 36. The Morgan fingerprint density at radius 1 is 0.530 bits per heavy atom. The van der Waals surface area contributed by atoms with Crippen molar-refractivity contribution in [2.75, 3.05) is 40.9 Å². The molecular formula is C57H113N2O6P. The molecular weight excluding hydrogens is 840 g/mol. The van der Waals surface area contributed by atoms with Gasteiger partial charge in [0.15, 0.2) is 0 Å². The van der Waals surface area contributed by atoms with E-state index in [-0.39, 0.29) is 19.1 Å². The Bertz CT molecular complexity index is 1130. The fraction of sp³-hybridized carbons (Fsp3) is 0.912. The Hall–Kier alpha value is -1.02. The molecule has 66 heavy (non-hydrogen) atoms. The minimum Gasteiger partial charge on any atom is -0.756 e. The number of nitrogens with zero attached hydrogens (tertiary/aromatic N) is 1. The summed E-state index contributed by atoms with van der Waals surface area (Å²) in [5, 5.41) is 14.0. The molecule has 0 saturated heterocycles. The summed E-state index contributed by atoms with van der Waals surface area (Å²) in [6.45, 7) is 4.74. The molecule has 0 rings (SSSR count). The Labute approximate surface area is 411 Å². The van der Waals surface area contributed by atoms with E-state index in [0.717, 1.165) is 44.9 Å². The van der Waals surface area contributed by atoms with Crippen LogP contribution in [0.1, 0.15) is 284 Å². The van der Waals surface area contributed by atoms with E-state index < -0.39 is 20.0 Å². The Balaban J connectivity index is 4.01. The molecule has 392 valence electrons. The first-order chi connectivity index (χ1) is 32.0. The van der Waals surface area contributed by atoms with Crippen molar-refractivity contribution in [3.8, 4) is 0 Å². The number of hydrogen-bond acceptors (Lipinski definition) is 6. The van der Waals surface area contributed by atoms with Crippen LogP contribution in [-0.2, 0) is 18.4 Å². The number of carbonyl (C=O) groups excluding carboxylic acids is 1. The molecule has 0 aromatic heterocycles. The van der Waals surface area contributed by atoms with Crippen LogP contribution in [0.15, 0.2) is 24.3 Å². The number of carbonyl (C=O) groups is 1. The number of rotatable bonds is 53. The third kappa shape index (κ3) is 50.8. The number of amides is 1. The van der Waals surface area contributed by atoms with Crippen LogP contribution in [0.25, 0.3) is 0 Å². The molecule has 0 radical (unpaired) electrons. The molecule has 1 amide bonds. The van der Waals surface area contributed by atoms with Gasteiger partial charge in [0.1, 0.15) is 13.2 Å². The number of quaternary nitrogens is 1. The number of allylic oxidation sites excluding steroid dienone is 4. The maximum absolute atomic E-state index is 13.0. The molecule has 0 fully saturated rings. The maximum Gasteiger partial charge on any atom is 0.268 e. The van der Waals surface area contributed by atoms with Crippen molar-refractivity contribution in [1.82, 2.24) is 5.32 Å². The number of likely N-dealkylation sites (N-methyl/N-ethyl adjacent to an activating group) is 1. The summed E-state index contributed by atoms with van der Waals surface area (Å²) in [5.74, 6) is -0.162. The van der Waals surface area contributed by atoms with Crippen molar-refractivity contribution in [3.63, 3.8) is 0 Å². The summed E-state index contributed by atoms with van der Waals surface area (Å²) >= 11 is 0. The Kier molecular flexibility index (Phi) is 48.2. The predicted molar refractivity (Wildman–Crippen MR) is 284 cm³/mol. The zero-order valence-electron chi connectivity index (χ0n) is 44.7. The van der Waals surface area contributed by atoms with Gasteiger partial charge in [-0.2, -0.15) is 0 Å². The molecule has 0 spiro atoms. The third-order valence-electron chi connectivity index (χ3n) is 13.2. The highest BCUT2D eigenvalue weighted by Gasteiger charge is 2.24. The van der Waals surface area contributed by atoms with Crippen LogP contribution in [-0.4, -0.2) is 68.5 Å². The molecule has 0 aromatic carbocycles. The van der Waals surface area contributed by atoms with E-state index in [0.29, 0.717) is 23.9 Å². The number of aliphatic hydroxyl groups excluding tert-OH is 1. The van der Waals surface area contributed by atoms with Crippen molar-refractivity contribution < 1.29 is 32.9 Å². The lowest BCUT2D eigenvalue weighted by Crippen LogP contribution is -2.46. The van der Waals surface area contributed by atoms with E-state index in [1.54, 1.807) is 0 Å². The highest BCUT2D eigenvalue weighted by Crippen LogP contribution is 2.38. The standard InChI is InChI=1S/C57H113N2O6P/c1-6-8-10-12-14-16-18-20-21-22-23-24-25-26-27-28-29-30-31-32-33-34-35-36-37-39-41-43-45-47-49-51-57(61)58-55(54-65-66(62,63)64-53-52-59(3,4)5)56(60)50-48-46-44-42-40-38-19-17-15-13-11-9-7-2/h23-24,26-27,55-56,60H,6-22,25,28-54H2,1-5H3,(H-,58,61,62,63)/b24-23-,27-26-. The average molecular weight is 954 g/mol. The Morgan fingerprint density at radius 2 is 0.879 bits per heavy atom.